The largest absolute Gasteiger partial charge is 0.414 e. The first kappa shape index (κ1) is 29.5. The monoisotopic (exact) mass is 492 g/mol. The highest BCUT2D eigenvalue weighted by molar-refractivity contribution is 6.75. The van der Waals surface area contributed by atoms with Crippen LogP contribution in [0, 0.1) is 0 Å². The summed E-state index contributed by atoms with van der Waals surface area (Å²) in [6, 6.07) is 0. The van der Waals surface area contributed by atoms with Crippen LogP contribution in [0.15, 0.2) is 0 Å². The minimum atomic E-state index is -2.13. The molecule has 0 aromatic rings. The molecule has 1 rings (SSSR count). The minimum Gasteiger partial charge on any atom is -0.414 e. The van der Waals surface area contributed by atoms with Gasteiger partial charge in [0.05, 0.1) is 6.61 Å². The molecule has 1 fully saturated rings. The van der Waals surface area contributed by atoms with Crippen molar-refractivity contribution in [3.8, 4) is 0 Å². The standard InChI is InChI=1S/C23H52O5Si3/c1-21(2,3)29(10,11)25-16-17-18(27-30(12,13)22(4,5)6)19(20(24)26-17)28-31(14,15)23(7,8)9/h17-20,24H,16H2,1-15H3/t17-,18-,19-,20?/m0/s1. The molecule has 1 heterocycles. The quantitative estimate of drug-likeness (QED) is 0.411. The van der Waals surface area contributed by atoms with E-state index in [0.29, 0.717) is 6.61 Å². The van der Waals surface area contributed by atoms with Crippen molar-refractivity contribution < 1.29 is 23.1 Å². The van der Waals surface area contributed by atoms with Crippen molar-refractivity contribution in [2.75, 3.05) is 6.61 Å². The third-order valence-corrected chi connectivity index (χ3v) is 21.6. The molecule has 1 saturated heterocycles. The average Bonchev–Trinajstić information content (AvgIpc) is 2.77. The van der Waals surface area contributed by atoms with Crippen molar-refractivity contribution >= 4 is 25.0 Å². The van der Waals surface area contributed by atoms with Crippen molar-refractivity contribution in [3.63, 3.8) is 0 Å². The van der Waals surface area contributed by atoms with Gasteiger partial charge in [-0.2, -0.15) is 0 Å². The first-order chi connectivity index (χ1) is 13.4. The second kappa shape index (κ2) is 9.24. The molecule has 4 atom stereocenters. The van der Waals surface area contributed by atoms with Gasteiger partial charge in [0.2, 0.25) is 0 Å². The van der Waals surface area contributed by atoms with Crippen LogP contribution in [-0.4, -0.2) is 61.3 Å². The van der Waals surface area contributed by atoms with Gasteiger partial charge in [0, 0.05) is 0 Å². The zero-order chi connectivity index (χ0) is 24.8. The Bertz CT molecular complexity index is 600. The van der Waals surface area contributed by atoms with Crippen LogP contribution >= 0.6 is 0 Å². The van der Waals surface area contributed by atoms with E-state index in [9.17, 15) is 5.11 Å². The number of aliphatic hydroxyl groups is 1. The molecule has 0 radical (unpaired) electrons. The molecule has 0 saturated carbocycles. The van der Waals surface area contributed by atoms with Crippen molar-refractivity contribution in [1.29, 1.82) is 0 Å². The molecule has 186 valence electrons. The van der Waals surface area contributed by atoms with Crippen LogP contribution in [0.25, 0.3) is 0 Å². The van der Waals surface area contributed by atoms with Crippen LogP contribution in [0.1, 0.15) is 62.3 Å². The van der Waals surface area contributed by atoms with E-state index in [2.05, 4.69) is 102 Å². The first-order valence-corrected chi connectivity index (χ1v) is 20.5. The zero-order valence-electron chi connectivity index (χ0n) is 23.1. The average molecular weight is 493 g/mol. The topological polar surface area (TPSA) is 57.2 Å². The molecule has 1 aliphatic rings. The van der Waals surface area contributed by atoms with Gasteiger partial charge in [-0.15, -0.1) is 0 Å². The fourth-order valence-corrected chi connectivity index (χ4v) is 6.27. The molecule has 5 nitrogen and oxygen atoms in total. The van der Waals surface area contributed by atoms with Crippen LogP contribution in [0.2, 0.25) is 54.4 Å². The van der Waals surface area contributed by atoms with E-state index in [4.69, 9.17) is 18.0 Å². The van der Waals surface area contributed by atoms with Gasteiger partial charge < -0.3 is 23.1 Å². The smallest absolute Gasteiger partial charge is 0.192 e. The third kappa shape index (κ3) is 6.97. The molecule has 0 aliphatic carbocycles. The Morgan fingerprint density at radius 2 is 1.00 bits per heavy atom. The Morgan fingerprint density at radius 3 is 1.35 bits per heavy atom. The Balaban J connectivity index is 3.22. The SMILES string of the molecule is CC(C)(C)[Si](C)(C)OC[C@@H]1OC(O)[C@@H](O[Si](C)(C)C(C)(C)C)[C@H]1O[Si](C)(C)C(C)(C)C. The van der Waals surface area contributed by atoms with Crippen molar-refractivity contribution in [3.05, 3.63) is 0 Å². The lowest BCUT2D eigenvalue weighted by Gasteiger charge is -2.44. The fourth-order valence-electron chi connectivity index (χ4n) is 2.65. The molecule has 1 aliphatic heterocycles. The van der Waals surface area contributed by atoms with Gasteiger partial charge >= 0.3 is 0 Å². The van der Waals surface area contributed by atoms with Gasteiger partial charge in [0.25, 0.3) is 0 Å². The summed E-state index contributed by atoms with van der Waals surface area (Å²) in [4.78, 5) is 0. The van der Waals surface area contributed by atoms with Gasteiger partial charge in [-0.05, 0) is 54.4 Å². The molecule has 1 N–H and O–H groups in total. The molecule has 8 heteroatoms. The van der Waals surface area contributed by atoms with Gasteiger partial charge in [0.1, 0.15) is 18.3 Å². The summed E-state index contributed by atoms with van der Waals surface area (Å²) in [6.45, 7) is 33.8. The Kier molecular flexibility index (Phi) is 8.79. The number of hydrogen-bond acceptors (Lipinski definition) is 5. The molecular formula is C23H52O5Si3. The normalized spacial score (nSPS) is 27.1. The summed E-state index contributed by atoms with van der Waals surface area (Å²) in [5, 5.41) is 11.1. The molecule has 1 unspecified atom stereocenters. The maximum Gasteiger partial charge on any atom is 0.192 e. The van der Waals surface area contributed by atoms with Gasteiger partial charge in [0.15, 0.2) is 31.2 Å². The highest BCUT2D eigenvalue weighted by atomic mass is 28.4. The summed E-state index contributed by atoms with van der Waals surface area (Å²) in [7, 11) is -6.20. The molecule has 0 aromatic carbocycles. The summed E-state index contributed by atoms with van der Waals surface area (Å²) in [5.41, 5.74) is 0. The highest BCUT2D eigenvalue weighted by Crippen LogP contribution is 2.44. The lowest BCUT2D eigenvalue weighted by Crippen LogP contribution is -2.55. The number of hydrogen-bond donors (Lipinski definition) is 1. The van der Waals surface area contributed by atoms with Gasteiger partial charge in [-0.1, -0.05) is 62.3 Å². The van der Waals surface area contributed by atoms with E-state index in [1.807, 2.05) is 0 Å². The van der Waals surface area contributed by atoms with Crippen LogP contribution in [0.4, 0.5) is 0 Å². The van der Waals surface area contributed by atoms with Crippen LogP contribution < -0.4 is 0 Å². The van der Waals surface area contributed by atoms with Crippen molar-refractivity contribution in [2.45, 2.75) is 141 Å². The van der Waals surface area contributed by atoms with E-state index < -0.39 is 37.3 Å². The second-order valence-electron chi connectivity index (χ2n) is 13.8. The molecule has 0 aromatic heterocycles. The van der Waals surface area contributed by atoms with E-state index in [-0.39, 0.29) is 27.3 Å². The fraction of sp³-hybridized carbons (Fsp3) is 1.00. The van der Waals surface area contributed by atoms with Crippen LogP contribution in [0.5, 0.6) is 0 Å². The Labute approximate surface area is 196 Å². The van der Waals surface area contributed by atoms with Gasteiger partial charge in [-0.25, -0.2) is 0 Å². The summed E-state index contributed by atoms with van der Waals surface area (Å²) in [5.74, 6) is 0. The number of rotatable bonds is 7. The zero-order valence-corrected chi connectivity index (χ0v) is 26.1. The Morgan fingerprint density at radius 1 is 0.645 bits per heavy atom. The first-order valence-electron chi connectivity index (χ1n) is 11.8. The summed E-state index contributed by atoms with van der Waals surface area (Å²) in [6.07, 6.45) is -2.18. The van der Waals surface area contributed by atoms with Crippen LogP contribution in [0.3, 0.4) is 0 Å². The summed E-state index contributed by atoms with van der Waals surface area (Å²) >= 11 is 0. The van der Waals surface area contributed by atoms with Crippen molar-refractivity contribution in [1.82, 2.24) is 0 Å². The summed E-state index contributed by atoms with van der Waals surface area (Å²) < 4.78 is 26.1. The van der Waals surface area contributed by atoms with Gasteiger partial charge in [-0.3, -0.25) is 0 Å². The van der Waals surface area contributed by atoms with E-state index >= 15 is 0 Å². The minimum absolute atomic E-state index is 0.0317. The predicted molar refractivity (Wildman–Crippen MR) is 138 cm³/mol. The maximum absolute atomic E-state index is 10.9. The predicted octanol–water partition coefficient (Wildman–Crippen LogP) is 6.51. The van der Waals surface area contributed by atoms with Crippen molar-refractivity contribution in [2.24, 2.45) is 0 Å². The molecule has 0 amide bonds. The van der Waals surface area contributed by atoms with E-state index in [1.54, 1.807) is 0 Å². The maximum atomic E-state index is 10.9. The number of ether oxygens (including phenoxy) is 1. The molecule has 31 heavy (non-hydrogen) atoms. The second-order valence-corrected chi connectivity index (χ2v) is 28.1. The highest BCUT2D eigenvalue weighted by Gasteiger charge is 2.54. The lowest BCUT2D eigenvalue weighted by atomic mass is 10.1. The third-order valence-electron chi connectivity index (χ3n) is 8.17. The van der Waals surface area contributed by atoms with E-state index in [0.717, 1.165) is 0 Å². The molecule has 0 spiro atoms. The van der Waals surface area contributed by atoms with E-state index in [1.165, 1.54) is 0 Å². The molecule has 0 bridgehead atoms. The molecular weight excluding hydrogens is 441 g/mol. The Hall–Kier alpha value is 0.451. The lowest BCUT2D eigenvalue weighted by molar-refractivity contribution is -0.129. The van der Waals surface area contributed by atoms with Crippen LogP contribution in [-0.2, 0) is 18.0 Å². The number of aliphatic hydroxyl groups excluding tert-OH is 1.